The van der Waals surface area contributed by atoms with Gasteiger partial charge in [-0.25, -0.2) is 0 Å². The van der Waals surface area contributed by atoms with Crippen LogP contribution in [0.2, 0.25) is 0 Å². The molecule has 0 saturated carbocycles. The molecule has 2 amide bonds. The summed E-state index contributed by atoms with van der Waals surface area (Å²) in [6, 6.07) is 1.54. The molecular formula is C13H21N3O4. The van der Waals surface area contributed by atoms with Gasteiger partial charge in [0.05, 0.1) is 13.2 Å². The molecule has 20 heavy (non-hydrogen) atoms. The highest BCUT2D eigenvalue weighted by molar-refractivity contribution is 5.93. The van der Waals surface area contributed by atoms with Crippen molar-refractivity contribution in [3.8, 4) is 0 Å². The highest BCUT2D eigenvalue weighted by Gasteiger charge is 2.18. The Morgan fingerprint density at radius 3 is 2.80 bits per heavy atom. The first kappa shape index (κ1) is 16.2. The van der Waals surface area contributed by atoms with Crippen LogP contribution in [0.15, 0.2) is 16.9 Å². The molecule has 0 aliphatic heterocycles. The van der Waals surface area contributed by atoms with Gasteiger partial charge >= 0.3 is 0 Å². The van der Waals surface area contributed by atoms with E-state index in [1.165, 1.54) is 17.2 Å². The molecule has 1 aromatic rings. The molecule has 0 aliphatic carbocycles. The van der Waals surface area contributed by atoms with Crippen LogP contribution in [0.25, 0.3) is 0 Å². The second-order valence-corrected chi connectivity index (χ2v) is 4.84. The number of methoxy groups -OCH3 is 1. The molecule has 1 N–H and O–H groups in total. The molecule has 1 heterocycles. The number of aromatic nitrogens is 1. The van der Waals surface area contributed by atoms with E-state index >= 15 is 0 Å². The molecule has 0 atom stereocenters. The fourth-order valence-corrected chi connectivity index (χ4v) is 1.60. The van der Waals surface area contributed by atoms with Crippen LogP contribution in [-0.4, -0.2) is 48.7 Å². The lowest BCUT2D eigenvalue weighted by molar-refractivity contribution is -0.136. The lowest BCUT2D eigenvalue weighted by Gasteiger charge is -2.22. The van der Waals surface area contributed by atoms with Gasteiger partial charge in [0.15, 0.2) is 5.82 Å². The molecule has 112 valence electrons. The van der Waals surface area contributed by atoms with Crippen LogP contribution in [-0.2, 0) is 14.3 Å². The van der Waals surface area contributed by atoms with E-state index < -0.39 is 0 Å². The molecule has 0 radical (unpaired) electrons. The molecule has 1 rings (SSSR count). The van der Waals surface area contributed by atoms with E-state index in [2.05, 4.69) is 15.0 Å². The van der Waals surface area contributed by atoms with Crippen LogP contribution >= 0.6 is 0 Å². The SMILES string of the molecule is COCCN(CC(=O)Nc1ccon1)C(=O)CC(C)C. The fraction of sp³-hybridized carbons (Fsp3) is 0.615. The Morgan fingerprint density at radius 1 is 1.50 bits per heavy atom. The van der Waals surface area contributed by atoms with Crippen LogP contribution in [0.1, 0.15) is 20.3 Å². The summed E-state index contributed by atoms with van der Waals surface area (Å²) in [5.41, 5.74) is 0. The number of nitrogens with zero attached hydrogens (tertiary/aromatic N) is 2. The predicted octanol–water partition coefficient (Wildman–Crippen LogP) is 1.13. The number of nitrogens with one attached hydrogen (secondary N) is 1. The average Bonchev–Trinajstić information content (AvgIpc) is 2.86. The third-order valence-electron chi connectivity index (χ3n) is 2.54. The first-order valence-electron chi connectivity index (χ1n) is 6.50. The third kappa shape index (κ3) is 5.83. The zero-order valence-electron chi connectivity index (χ0n) is 12.1. The maximum atomic E-state index is 12.1. The van der Waals surface area contributed by atoms with Gasteiger partial charge in [-0.3, -0.25) is 9.59 Å². The van der Waals surface area contributed by atoms with Gasteiger partial charge < -0.3 is 19.5 Å². The van der Waals surface area contributed by atoms with Gasteiger partial charge in [0.1, 0.15) is 6.26 Å². The van der Waals surface area contributed by atoms with Gasteiger partial charge in [-0.1, -0.05) is 19.0 Å². The van der Waals surface area contributed by atoms with Gasteiger partial charge in [0, 0.05) is 26.1 Å². The predicted molar refractivity (Wildman–Crippen MR) is 73.0 cm³/mol. The van der Waals surface area contributed by atoms with Crippen molar-refractivity contribution in [3.05, 3.63) is 12.3 Å². The van der Waals surface area contributed by atoms with Crippen LogP contribution in [0, 0.1) is 5.92 Å². The Kier molecular flexibility index (Phi) is 6.72. The highest BCUT2D eigenvalue weighted by Crippen LogP contribution is 2.06. The number of rotatable bonds is 8. The Morgan fingerprint density at radius 2 is 2.25 bits per heavy atom. The lowest BCUT2D eigenvalue weighted by Crippen LogP contribution is -2.40. The summed E-state index contributed by atoms with van der Waals surface area (Å²) in [6.07, 6.45) is 1.77. The molecule has 0 unspecified atom stereocenters. The number of ether oxygens (including phenoxy) is 1. The molecule has 7 nitrogen and oxygen atoms in total. The summed E-state index contributed by atoms with van der Waals surface area (Å²) in [6.45, 7) is 4.67. The Labute approximate surface area is 118 Å². The summed E-state index contributed by atoms with van der Waals surface area (Å²) < 4.78 is 9.58. The molecule has 7 heteroatoms. The minimum absolute atomic E-state index is 0.0260. The van der Waals surface area contributed by atoms with E-state index in [-0.39, 0.29) is 24.3 Å². The van der Waals surface area contributed by atoms with Crippen LogP contribution in [0.4, 0.5) is 5.82 Å². The van der Waals surface area contributed by atoms with Crippen molar-refractivity contribution in [2.75, 3.05) is 32.1 Å². The van der Waals surface area contributed by atoms with Crippen molar-refractivity contribution in [3.63, 3.8) is 0 Å². The zero-order chi connectivity index (χ0) is 15.0. The molecule has 0 saturated heterocycles. The van der Waals surface area contributed by atoms with E-state index in [4.69, 9.17) is 4.74 Å². The number of amides is 2. The van der Waals surface area contributed by atoms with Crippen LogP contribution in [0.5, 0.6) is 0 Å². The molecule has 0 spiro atoms. The van der Waals surface area contributed by atoms with E-state index in [0.717, 1.165) is 0 Å². The maximum absolute atomic E-state index is 12.1. The smallest absolute Gasteiger partial charge is 0.245 e. The number of carbonyl (C=O) groups is 2. The van der Waals surface area contributed by atoms with E-state index in [0.29, 0.717) is 25.4 Å². The highest BCUT2D eigenvalue weighted by atomic mass is 16.5. The second kappa shape index (κ2) is 8.31. The quantitative estimate of drug-likeness (QED) is 0.773. The summed E-state index contributed by atoms with van der Waals surface area (Å²) in [4.78, 5) is 25.4. The second-order valence-electron chi connectivity index (χ2n) is 4.84. The number of carbonyl (C=O) groups excluding carboxylic acids is 2. The first-order valence-corrected chi connectivity index (χ1v) is 6.50. The molecule has 0 aliphatic rings. The van der Waals surface area contributed by atoms with Crippen molar-refractivity contribution in [1.82, 2.24) is 10.1 Å². The lowest BCUT2D eigenvalue weighted by atomic mass is 10.1. The topological polar surface area (TPSA) is 84.7 Å². The van der Waals surface area contributed by atoms with Crippen molar-refractivity contribution < 1.29 is 18.8 Å². The van der Waals surface area contributed by atoms with Gasteiger partial charge in [0.2, 0.25) is 11.8 Å². The largest absolute Gasteiger partial charge is 0.383 e. The van der Waals surface area contributed by atoms with Gasteiger partial charge in [-0.2, -0.15) is 0 Å². The normalized spacial score (nSPS) is 10.6. The number of hydrogen-bond acceptors (Lipinski definition) is 5. The van der Waals surface area contributed by atoms with E-state index in [9.17, 15) is 9.59 Å². The van der Waals surface area contributed by atoms with Crippen molar-refractivity contribution >= 4 is 17.6 Å². The van der Waals surface area contributed by atoms with E-state index in [1.807, 2.05) is 13.8 Å². The first-order chi connectivity index (χ1) is 9.52. The van der Waals surface area contributed by atoms with E-state index in [1.54, 1.807) is 7.11 Å². The molecule has 0 aromatic carbocycles. The Bertz CT molecular complexity index is 417. The Balaban J connectivity index is 2.54. The molecule has 0 bridgehead atoms. The summed E-state index contributed by atoms with van der Waals surface area (Å²) >= 11 is 0. The van der Waals surface area contributed by atoms with Crippen LogP contribution < -0.4 is 5.32 Å². The van der Waals surface area contributed by atoms with Crippen molar-refractivity contribution in [1.29, 1.82) is 0 Å². The maximum Gasteiger partial charge on any atom is 0.245 e. The zero-order valence-corrected chi connectivity index (χ0v) is 12.1. The average molecular weight is 283 g/mol. The molecule has 1 aromatic heterocycles. The molecular weight excluding hydrogens is 262 g/mol. The third-order valence-corrected chi connectivity index (χ3v) is 2.54. The monoisotopic (exact) mass is 283 g/mol. The standard InChI is InChI=1S/C13H21N3O4/c1-10(2)8-13(18)16(5-7-19-3)9-12(17)14-11-4-6-20-15-11/h4,6,10H,5,7-9H2,1-3H3,(H,14,15,17). The minimum Gasteiger partial charge on any atom is -0.383 e. The number of anilines is 1. The minimum atomic E-state index is -0.313. The van der Waals surface area contributed by atoms with Gasteiger partial charge in [-0.15, -0.1) is 0 Å². The summed E-state index contributed by atoms with van der Waals surface area (Å²) in [5.74, 6) is 0.198. The van der Waals surface area contributed by atoms with Gasteiger partial charge in [-0.05, 0) is 5.92 Å². The van der Waals surface area contributed by atoms with Gasteiger partial charge in [0.25, 0.3) is 0 Å². The number of hydrogen-bond donors (Lipinski definition) is 1. The fourth-order valence-electron chi connectivity index (χ4n) is 1.60. The van der Waals surface area contributed by atoms with Crippen LogP contribution in [0.3, 0.4) is 0 Å². The Hall–Kier alpha value is -1.89. The molecule has 0 fully saturated rings. The van der Waals surface area contributed by atoms with Crippen molar-refractivity contribution in [2.45, 2.75) is 20.3 Å². The summed E-state index contributed by atoms with van der Waals surface area (Å²) in [5, 5.41) is 6.14. The van der Waals surface area contributed by atoms with Crippen molar-refractivity contribution in [2.24, 2.45) is 5.92 Å². The summed E-state index contributed by atoms with van der Waals surface area (Å²) in [7, 11) is 1.56.